The molecule has 0 spiro atoms. The van der Waals surface area contributed by atoms with Gasteiger partial charge < -0.3 is 15.4 Å². The van der Waals surface area contributed by atoms with Crippen molar-refractivity contribution in [1.29, 1.82) is 0 Å². The van der Waals surface area contributed by atoms with Crippen LogP contribution in [0.15, 0.2) is 60.7 Å². The summed E-state index contributed by atoms with van der Waals surface area (Å²) in [6.07, 6.45) is 0. The average Bonchev–Trinajstić information content (AvgIpc) is 2.70. The average molecular weight is 353 g/mol. The molecule has 2 N–H and O–H groups in total. The number of carbonyl (C=O) groups is 1. The van der Waals surface area contributed by atoms with Crippen LogP contribution in [0.25, 0.3) is 0 Å². The van der Waals surface area contributed by atoms with E-state index in [-0.39, 0.29) is 18.1 Å². The molecule has 0 unspecified atom stereocenters. The van der Waals surface area contributed by atoms with Crippen molar-refractivity contribution >= 4 is 6.03 Å². The molecule has 3 rings (SSSR count). The second-order valence-corrected chi connectivity index (χ2v) is 6.56. The molecule has 5 heteroatoms. The largest absolute Gasteiger partial charge is 0.379 e. The zero-order valence-electron chi connectivity index (χ0n) is 15.2. The normalized spacial score (nSPS) is 17.3. The van der Waals surface area contributed by atoms with Gasteiger partial charge in [-0.3, -0.25) is 4.90 Å². The van der Waals surface area contributed by atoms with Gasteiger partial charge >= 0.3 is 6.03 Å². The molecule has 138 valence electrons. The SMILES string of the molecule is C[C@H](NC(=O)NC[C@H](c1ccccc1)N1CCOCC1)c1ccccc1. The van der Waals surface area contributed by atoms with E-state index in [4.69, 9.17) is 4.74 Å². The Kier molecular flexibility index (Phi) is 6.63. The first-order valence-electron chi connectivity index (χ1n) is 9.20. The van der Waals surface area contributed by atoms with Crippen LogP contribution in [0.1, 0.15) is 30.1 Å². The van der Waals surface area contributed by atoms with E-state index in [1.807, 2.05) is 55.5 Å². The molecule has 0 saturated carbocycles. The van der Waals surface area contributed by atoms with Gasteiger partial charge in [-0.1, -0.05) is 60.7 Å². The van der Waals surface area contributed by atoms with Crippen molar-refractivity contribution in [2.24, 2.45) is 0 Å². The Morgan fingerprint density at radius 1 is 1.00 bits per heavy atom. The Morgan fingerprint density at radius 3 is 2.19 bits per heavy atom. The molecule has 2 atom stereocenters. The monoisotopic (exact) mass is 353 g/mol. The summed E-state index contributed by atoms with van der Waals surface area (Å²) in [6.45, 7) is 5.79. The maximum Gasteiger partial charge on any atom is 0.315 e. The highest BCUT2D eigenvalue weighted by atomic mass is 16.5. The van der Waals surface area contributed by atoms with Gasteiger partial charge in [-0.15, -0.1) is 0 Å². The van der Waals surface area contributed by atoms with E-state index in [0.29, 0.717) is 6.54 Å². The van der Waals surface area contributed by atoms with Crippen molar-refractivity contribution in [2.75, 3.05) is 32.8 Å². The fourth-order valence-corrected chi connectivity index (χ4v) is 3.28. The summed E-state index contributed by atoms with van der Waals surface area (Å²) in [5.74, 6) is 0. The smallest absolute Gasteiger partial charge is 0.315 e. The van der Waals surface area contributed by atoms with Crippen molar-refractivity contribution in [3.05, 3.63) is 71.8 Å². The lowest BCUT2D eigenvalue weighted by Crippen LogP contribution is -2.46. The first-order valence-corrected chi connectivity index (χ1v) is 9.20. The number of carbonyl (C=O) groups excluding carboxylic acids is 1. The van der Waals surface area contributed by atoms with Crippen LogP contribution < -0.4 is 10.6 Å². The molecule has 2 amide bonds. The molecule has 5 nitrogen and oxygen atoms in total. The maximum absolute atomic E-state index is 12.4. The number of urea groups is 1. The number of nitrogens with one attached hydrogen (secondary N) is 2. The number of hydrogen-bond acceptors (Lipinski definition) is 3. The summed E-state index contributed by atoms with van der Waals surface area (Å²) in [4.78, 5) is 14.8. The maximum atomic E-state index is 12.4. The topological polar surface area (TPSA) is 53.6 Å². The number of rotatable bonds is 6. The fourth-order valence-electron chi connectivity index (χ4n) is 3.28. The Morgan fingerprint density at radius 2 is 1.58 bits per heavy atom. The fraction of sp³-hybridized carbons (Fsp3) is 0.381. The zero-order chi connectivity index (χ0) is 18.2. The Balaban J connectivity index is 1.59. The quantitative estimate of drug-likeness (QED) is 0.839. The van der Waals surface area contributed by atoms with Gasteiger partial charge in [0.2, 0.25) is 0 Å². The third kappa shape index (κ3) is 5.07. The van der Waals surface area contributed by atoms with Crippen LogP contribution in [0.4, 0.5) is 4.79 Å². The van der Waals surface area contributed by atoms with Crippen LogP contribution in [-0.2, 0) is 4.74 Å². The number of hydrogen-bond donors (Lipinski definition) is 2. The number of benzene rings is 2. The van der Waals surface area contributed by atoms with Crippen LogP contribution in [0.5, 0.6) is 0 Å². The molecule has 0 bridgehead atoms. The minimum absolute atomic E-state index is 0.0326. The lowest BCUT2D eigenvalue weighted by Gasteiger charge is -2.35. The molecular formula is C21H27N3O2. The summed E-state index contributed by atoms with van der Waals surface area (Å²) in [5, 5.41) is 6.06. The highest BCUT2D eigenvalue weighted by Gasteiger charge is 2.23. The molecule has 1 heterocycles. The van der Waals surface area contributed by atoms with Gasteiger partial charge in [0.1, 0.15) is 0 Å². The van der Waals surface area contributed by atoms with Gasteiger partial charge in [0, 0.05) is 19.6 Å². The van der Waals surface area contributed by atoms with Gasteiger partial charge in [0.05, 0.1) is 25.3 Å². The number of ether oxygens (including phenoxy) is 1. The molecule has 26 heavy (non-hydrogen) atoms. The molecular weight excluding hydrogens is 326 g/mol. The van der Waals surface area contributed by atoms with Crippen molar-refractivity contribution in [3.63, 3.8) is 0 Å². The van der Waals surface area contributed by atoms with E-state index in [0.717, 1.165) is 31.9 Å². The third-order valence-electron chi connectivity index (χ3n) is 4.77. The number of nitrogens with zero attached hydrogens (tertiary/aromatic N) is 1. The molecule has 1 aliphatic heterocycles. The van der Waals surface area contributed by atoms with Gasteiger partial charge in [-0.2, -0.15) is 0 Å². The molecule has 1 fully saturated rings. The zero-order valence-corrected chi connectivity index (χ0v) is 15.2. The Bertz CT molecular complexity index is 672. The van der Waals surface area contributed by atoms with E-state index in [1.54, 1.807) is 0 Å². The second kappa shape index (κ2) is 9.36. The summed E-state index contributed by atoms with van der Waals surface area (Å²) in [6, 6.07) is 20.3. The molecule has 0 aliphatic carbocycles. The highest BCUT2D eigenvalue weighted by molar-refractivity contribution is 5.74. The highest BCUT2D eigenvalue weighted by Crippen LogP contribution is 2.21. The van der Waals surface area contributed by atoms with E-state index in [1.165, 1.54) is 5.56 Å². The lowest BCUT2D eigenvalue weighted by atomic mass is 10.0. The molecule has 1 saturated heterocycles. The summed E-state index contributed by atoms with van der Waals surface area (Å²) < 4.78 is 5.47. The Hall–Kier alpha value is -2.37. The van der Waals surface area contributed by atoms with Crippen LogP contribution >= 0.6 is 0 Å². The van der Waals surface area contributed by atoms with Crippen LogP contribution in [0.3, 0.4) is 0 Å². The summed E-state index contributed by atoms with van der Waals surface area (Å²) in [7, 11) is 0. The first kappa shape index (κ1) is 18.4. The molecule has 2 aromatic rings. The first-order chi connectivity index (χ1) is 12.7. The van der Waals surface area contributed by atoms with E-state index in [2.05, 4.69) is 27.7 Å². The molecule has 1 aliphatic rings. The predicted molar refractivity (Wildman–Crippen MR) is 103 cm³/mol. The summed E-state index contributed by atoms with van der Waals surface area (Å²) >= 11 is 0. The van der Waals surface area contributed by atoms with Crippen molar-refractivity contribution in [1.82, 2.24) is 15.5 Å². The second-order valence-electron chi connectivity index (χ2n) is 6.56. The Labute approximate surface area is 155 Å². The van der Waals surface area contributed by atoms with Gasteiger partial charge in [-0.25, -0.2) is 4.79 Å². The minimum Gasteiger partial charge on any atom is -0.379 e. The van der Waals surface area contributed by atoms with E-state index < -0.39 is 0 Å². The van der Waals surface area contributed by atoms with Crippen LogP contribution in [0.2, 0.25) is 0 Å². The van der Waals surface area contributed by atoms with Gasteiger partial charge in [0.15, 0.2) is 0 Å². The number of morpholine rings is 1. The standard InChI is InChI=1S/C21H27N3O2/c1-17(18-8-4-2-5-9-18)23-21(25)22-16-20(19-10-6-3-7-11-19)24-12-14-26-15-13-24/h2-11,17,20H,12-16H2,1H3,(H2,22,23,25)/t17-,20+/m0/s1. The molecule has 0 radical (unpaired) electrons. The lowest BCUT2D eigenvalue weighted by molar-refractivity contribution is 0.0167. The van der Waals surface area contributed by atoms with Crippen molar-refractivity contribution in [3.8, 4) is 0 Å². The van der Waals surface area contributed by atoms with Gasteiger partial charge in [-0.05, 0) is 18.1 Å². The summed E-state index contributed by atoms with van der Waals surface area (Å²) in [5.41, 5.74) is 2.31. The third-order valence-corrected chi connectivity index (χ3v) is 4.77. The van der Waals surface area contributed by atoms with Crippen molar-refractivity contribution < 1.29 is 9.53 Å². The molecule has 0 aromatic heterocycles. The van der Waals surface area contributed by atoms with E-state index in [9.17, 15) is 4.79 Å². The molecule has 2 aromatic carbocycles. The number of amides is 2. The van der Waals surface area contributed by atoms with Gasteiger partial charge in [0.25, 0.3) is 0 Å². The van der Waals surface area contributed by atoms with Crippen LogP contribution in [-0.4, -0.2) is 43.8 Å². The van der Waals surface area contributed by atoms with Crippen molar-refractivity contribution in [2.45, 2.75) is 19.0 Å². The predicted octanol–water partition coefficient (Wildman–Crippen LogP) is 3.12. The van der Waals surface area contributed by atoms with E-state index >= 15 is 0 Å². The minimum atomic E-state index is -0.143. The van der Waals surface area contributed by atoms with Crippen LogP contribution in [0, 0.1) is 0 Å².